The van der Waals surface area contributed by atoms with E-state index >= 15 is 0 Å². The van der Waals surface area contributed by atoms with Crippen LogP contribution >= 0.6 is 0 Å². The van der Waals surface area contributed by atoms with E-state index in [0.717, 1.165) is 4.31 Å². The van der Waals surface area contributed by atoms with Crippen LogP contribution in [0.25, 0.3) is 0 Å². The summed E-state index contributed by atoms with van der Waals surface area (Å²) in [4.78, 5) is 11.1. The highest BCUT2D eigenvalue weighted by Gasteiger charge is 2.39. The summed E-state index contributed by atoms with van der Waals surface area (Å²) in [5.41, 5.74) is 0. The first-order valence-electron chi connectivity index (χ1n) is 5.25. The average Bonchev–Trinajstić information content (AvgIpc) is 2.76. The van der Waals surface area contributed by atoms with Crippen LogP contribution in [0.3, 0.4) is 0 Å². The molecule has 1 fully saturated rings. The van der Waals surface area contributed by atoms with E-state index in [4.69, 9.17) is 9.84 Å². The van der Waals surface area contributed by atoms with Gasteiger partial charge in [-0.1, -0.05) is 0 Å². The van der Waals surface area contributed by atoms with E-state index in [1.807, 2.05) is 0 Å². The molecule has 0 saturated carbocycles. The number of morpholine rings is 1. The number of hydrogen-bond acceptors (Lipinski definition) is 5. The Morgan fingerprint density at radius 1 is 1.61 bits per heavy atom. The number of aliphatic carboxylic acids is 1. The Bertz CT molecular complexity index is 552. The first kappa shape index (κ1) is 13.0. The summed E-state index contributed by atoms with van der Waals surface area (Å²) in [6.45, 7) is 0.0533. The summed E-state index contributed by atoms with van der Waals surface area (Å²) in [6.07, 6.45) is 1.35. The van der Waals surface area contributed by atoms with Crippen molar-refractivity contribution in [2.24, 2.45) is 7.05 Å². The van der Waals surface area contributed by atoms with Crippen molar-refractivity contribution in [3.63, 3.8) is 0 Å². The molecule has 0 aromatic carbocycles. The van der Waals surface area contributed by atoms with Gasteiger partial charge in [-0.2, -0.15) is 9.40 Å². The monoisotopic (exact) mass is 275 g/mol. The summed E-state index contributed by atoms with van der Waals surface area (Å²) in [5.74, 6) is -1.22. The van der Waals surface area contributed by atoms with Gasteiger partial charge in [-0.05, 0) is 6.07 Å². The third-order valence-corrected chi connectivity index (χ3v) is 4.70. The van der Waals surface area contributed by atoms with E-state index < -0.39 is 22.0 Å². The summed E-state index contributed by atoms with van der Waals surface area (Å²) in [6, 6.07) is 0.141. The number of hydrogen-bond donors (Lipinski definition) is 1. The Morgan fingerprint density at radius 2 is 2.33 bits per heavy atom. The number of carboxylic acids is 1. The SMILES string of the molecule is Cn1nccc1S(=O)(=O)N1CCOCC1C(=O)O. The molecule has 1 aromatic heterocycles. The maximum atomic E-state index is 12.3. The molecule has 2 rings (SSSR count). The number of aromatic nitrogens is 2. The van der Waals surface area contributed by atoms with Gasteiger partial charge in [0.05, 0.1) is 19.4 Å². The number of rotatable bonds is 3. The highest BCUT2D eigenvalue weighted by Crippen LogP contribution is 2.19. The van der Waals surface area contributed by atoms with Gasteiger partial charge in [-0.3, -0.25) is 9.48 Å². The highest BCUT2D eigenvalue weighted by atomic mass is 32.2. The molecule has 0 amide bonds. The average molecular weight is 275 g/mol. The van der Waals surface area contributed by atoms with Crippen LogP contribution in [-0.4, -0.2) is 59.4 Å². The molecule has 1 aliphatic rings. The second-order valence-electron chi connectivity index (χ2n) is 3.84. The van der Waals surface area contributed by atoms with Gasteiger partial charge in [0.2, 0.25) is 0 Å². The predicted molar refractivity (Wildman–Crippen MR) is 59.3 cm³/mol. The lowest BCUT2D eigenvalue weighted by Gasteiger charge is -2.31. The Morgan fingerprint density at radius 3 is 2.89 bits per heavy atom. The number of ether oxygens (including phenoxy) is 1. The van der Waals surface area contributed by atoms with Crippen molar-refractivity contribution < 1.29 is 23.1 Å². The summed E-state index contributed by atoms with van der Waals surface area (Å²) in [5, 5.41) is 12.8. The van der Waals surface area contributed by atoms with Crippen LogP contribution in [0.15, 0.2) is 17.3 Å². The number of sulfonamides is 1. The van der Waals surface area contributed by atoms with Gasteiger partial charge in [0.25, 0.3) is 10.0 Å². The second kappa shape index (κ2) is 4.67. The van der Waals surface area contributed by atoms with Gasteiger partial charge in [-0.15, -0.1) is 0 Å². The number of carbonyl (C=O) groups is 1. The molecule has 18 heavy (non-hydrogen) atoms. The Labute approximate surface area is 104 Å². The molecule has 0 spiro atoms. The minimum atomic E-state index is -3.87. The fraction of sp³-hybridized carbons (Fsp3) is 0.556. The lowest BCUT2D eigenvalue weighted by molar-refractivity contribution is -0.146. The molecule has 1 N–H and O–H groups in total. The van der Waals surface area contributed by atoms with Crippen LogP contribution in [0, 0.1) is 0 Å². The summed E-state index contributed by atoms with van der Waals surface area (Å²) < 4.78 is 31.8. The van der Waals surface area contributed by atoms with Crippen molar-refractivity contribution in [2.45, 2.75) is 11.1 Å². The lowest BCUT2D eigenvalue weighted by Crippen LogP contribution is -2.52. The molecule has 1 aliphatic heterocycles. The van der Waals surface area contributed by atoms with Crippen LogP contribution in [0.2, 0.25) is 0 Å². The smallest absolute Gasteiger partial charge is 0.324 e. The van der Waals surface area contributed by atoms with Crippen LogP contribution in [0.1, 0.15) is 0 Å². The number of carboxylic acid groups (broad SMARTS) is 1. The molecule has 1 unspecified atom stereocenters. The topological polar surface area (TPSA) is 102 Å². The van der Waals surface area contributed by atoms with E-state index in [2.05, 4.69) is 5.10 Å². The zero-order valence-electron chi connectivity index (χ0n) is 9.68. The van der Waals surface area contributed by atoms with Crippen molar-refractivity contribution in [3.8, 4) is 0 Å². The van der Waals surface area contributed by atoms with Crippen molar-refractivity contribution >= 4 is 16.0 Å². The van der Waals surface area contributed by atoms with Gasteiger partial charge < -0.3 is 9.84 Å². The third-order valence-electron chi connectivity index (χ3n) is 2.71. The normalized spacial score (nSPS) is 21.9. The first-order chi connectivity index (χ1) is 8.44. The lowest BCUT2D eigenvalue weighted by atomic mass is 10.3. The molecule has 2 heterocycles. The fourth-order valence-electron chi connectivity index (χ4n) is 1.81. The van der Waals surface area contributed by atoms with Crippen LogP contribution in [0.4, 0.5) is 0 Å². The summed E-state index contributed by atoms with van der Waals surface area (Å²) in [7, 11) is -2.38. The van der Waals surface area contributed by atoms with Crippen molar-refractivity contribution in [1.82, 2.24) is 14.1 Å². The molecule has 8 nitrogen and oxygen atoms in total. The van der Waals surface area contributed by atoms with E-state index in [1.54, 1.807) is 0 Å². The molecule has 1 atom stereocenters. The minimum Gasteiger partial charge on any atom is -0.480 e. The van der Waals surface area contributed by atoms with Crippen molar-refractivity contribution in [2.75, 3.05) is 19.8 Å². The quantitative estimate of drug-likeness (QED) is 0.751. The molecule has 0 bridgehead atoms. The van der Waals surface area contributed by atoms with Crippen LogP contribution < -0.4 is 0 Å². The van der Waals surface area contributed by atoms with E-state index in [1.165, 1.54) is 24.0 Å². The van der Waals surface area contributed by atoms with E-state index in [9.17, 15) is 13.2 Å². The summed E-state index contributed by atoms with van der Waals surface area (Å²) >= 11 is 0. The maximum Gasteiger partial charge on any atom is 0.324 e. The first-order valence-corrected chi connectivity index (χ1v) is 6.69. The third kappa shape index (κ3) is 2.11. The Balaban J connectivity index is 2.39. The maximum absolute atomic E-state index is 12.3. The second-order valence-corrected chi connectivity index (χ2v) is 5.68. The Kier molecular flexibility index (Phi) is 3.37. The molecule has 100 valence electrons. The van der Waals surface area contributed by atoms with Crippen molar-refractivity contribution in [1.29, 1.82) is 0 Å². The minimum absolute atomic E-state index is 0.0183. The predicted octanol–water partition coefficient (Wildman–Crippen LogP) is -1.11. The van der Waals surface area contributed by atoms with Gasteiger partial charge >= 0.3 is 5.97 Å². The molecule has 0 radical (unpaired) electrons. The molecule has 1 aromatic rings. The largest absolute Gasteiger partial charge is 0.480 e. The highest BCUT2D eigenvalue weighted by molar-refractivity contribution is 7.89. The molecular formula is C9H13N3O5S. The zero-order valence-corrected chi connectivity index (χ0v) is 10.5. The van der Waals surface area contributed by atoms with Gasteiger partial charge in [0.1, 0.15) is 6.04 Å². The van der Waals surface area contributed by atoms with Gasteiger partial charge in [0.15, 0.2) is 5.03 Å². The van der Waals surface area contributed by atoms with E-state index in [0.29, 0.717) is 0 Å². The van der Waals surface area contributed by atoms with Gasteiger partial charge in [0, 0.05) is 13.6 Å². The fourth-order valence-corrected chi connectivity index (χ4v) is 3.46. The molecule has 9 heteroatoms. The molecule has 0 aliphatic carbocycles. The van der Waals surface area contributed by atoms with E-state index in [-0.39, 0.29) is 24.8 Å². The number of aryl methyl sites for hydroxylation is 1. The van der Waals surface area contributed by atoms with Crippen LogP contribution in [-0.2, 0) is 26.6 Å². The van der Waals surface area contributed by atoms with Gasteiger partial charge in [-0.25, -0.2) is 8.42 Å². The molecule has 1 saturated heterocycles. The standard InChI is InChI=1S/C9H13N3O5S/c1-11-8(2-3-10-11)18(15,16)12-4-5-17-6-7(12)9(13)14/h2-3,7H,4-6H2,1H3,(H,13,14). The van der Waals surface area contributed by atoms with Crippen LogP contribution in [0.5, 0.6) is 0 Å². The molecular weight excluding hydrogens is 262 g/mol. The number of nitrogens with zero attached hydrogens (tertiary/aromatic N) is 3. The van der Waals surface area contributed by atoms with Crippen molar-refractivity contribution in [3.05, 3.63) is 12.3 Å². The Hall–Kier alpha value is -1.45. The zero-order chi connectivity index (χ0) is 13.3.